The Morgan fingerprint density at radius 2 is 1.71 bits per heavy atom. The van der Waals surface area contributed by atoms with Gasteiger partial charge in [-0.1, -0.05) is 11.6 Å². The number of ketones is 1. The molecule has 28 heavy (non-hydrogen) atoms. The van der Waals surface area contributed by atoms with Crippen molar-refractivity contribution in [3.63, 3.8) is 0 Å². The van der Waals surface area contributed by atoms with Crippen molar-refractivity contribution < 1.29 is 18.0 Å². The van der Waals surface area contributed by atoms with Crippen LogP contribution >= 0.6 is 22.9 Å². The molecule has 3 aromatic rings. The summed E-state index contributed by atoms with van der Waals surface area (Å²) in [5.41, 5.74) is 7.50. The maximum atomic E-state index is 12.9. The zero-order valence-corrected chi connectivity index (χ0v) is 16.3. The van der Waals surface area contributed by atoms with Crippen LogP contribution in [0, 0.1) is 0 Å². The quantitative estimate of drug-likeness (QED) is 0.521. The Bertz CT molecular complexity index is 982. The minimum absolute atomic E-state index is 0.216. The lowest BCUT2D eigenvalue weighted by molar-refractivity contribution is -0.137. The molecule has 0 spiro atoms. The second kappa shape index (κ2) is 7.85. The van der Waals surface area contributed by atoms with Gasteiger partial charge in [0.15, 0.2) is 5.78 Å². The van der Waals surface area contributed by atoms with Gasteiger partial charge in [0.05, 0.1) is 16.1 Å². The molecule has 0 aliphatic heterocycles. The Morgan fingerprint density at radius 3 is 2.29 bits per heavy atom. The van der Waals surface area contributed by atoms with Gasteiger partial charge in [-0.25, -0.2) is 0 Å². The van der Waals surface area contributed by atoms with E-state index in [1.165, 1.54) is 23.5 Å². The molecule has 0 radical (unpaired) electrons. The predicted molar refractivity (Wildman–Crippen MR) is 107 cm³/mol. The molecule has 0 saturated carbocycles. The highest BCUT2D eigenvalue weighted by Crippen LogP contribution is 2.32. The van der Waals surface area contributed by atoms with Gasteiger partial charge in [0.1, 0.15) is 0 Å². The molecule has 3 nitrogen and oxygen atoms in total. The van der Waals surface area contributed by atoms with E-state index >= 15 is 0 Å². The summed E-state index contributed by atoms with van der Waals surface area (Å²) < 4.78 is 38.2. The maximum Gasteiger partial charge on any atom is 0.416 e. The summed E-state index contributed by atoms with van der Waals surface area (Å²) in [4.78, 5) is 14.6. The van der Waals surface area contributed by atoms with Crippen LogP contribution in [0.3, 0.4) is 0 Å². The second-order valence-corrected chi connectivity index (χ2v) is 7.58. The molecular formula is C20H16ClF3N2OS. The third-order valence-corrected chi connectivity index (χ3v) is 5.38. The molecule has 0 fully saturated rings. The van der Waals surface area contributed by atoms with E-state index < -0.39 is 11.7 Å². The zero-order chi connectivity index (χ0) is 20.5. The molecule has 0 amide bonds. The maximum absolute atomic E-state index is 12.9. The fourth-order valence-electron chi connectivity index (χ4n) is 2.78. The molecule has 0 unspecified atom stereocenters. The van der Waals surface area contributed by atoms with Gasteiger partial charge in [-0.3, -0.25) is 4.79 Å². The highest BCUT2D eigenvalue weighted by molar-refractivity contribution is 7.14. The van der Waals surface area contributed by atoms with Crippen LogP contribution in [0.5, 0.6) is 0 Å². The van der Waals surface area contributed by atoms with Crippen LogP contribution in [0.15, 0.2) is 53.9 Å². The van der Waals surface area contributed by atoms with Crippen molar-refractivity contribution in [3.05, 3.63) is 81.2 Å². The lowest BCUT2D eigenvalue weighted by Gasteiger charge is -2.20. The van der Waals surface area contributed by atoms with E-state index in [1.54, 1.807) is 41.6 Å². The summed E-state index contributed by atoms with van der Waals surface area (Å²) in [6.07, 6.45) is -4.38. The number of nitrogens with zero attached hydrogens (tertiary/aromatic N) is 1. The van der Waals surface area contributed by atoms with E-state index in [2.05, 4.69) is 0 Å². The summed E-state index contributed by atoms with van der Waals surface area (Å²) in [6.45, 7) is 0.327. The SMILES string of the molecule is CN(Cc1csc(N)c1C(=O)c1ccc(Cl)cc1)c1ccc(C(F)(F)F)cc1. The Hall–Kier alpha value is -2.51. The zero-order valence-electron chi connectivity index (χ0n) is 14.8. The van der Waals surface area contributed by atoms with Gasteiger partial charge in [0, 0.05) is 29.9 Å². The van der Waals surface area contributed by atoms with E-state index in [-0.39, 0.29) is 5.78 Å². The highest BCUT2D eigenvalue weighted by Gasteiger charge is 2.30. The van der Waals surface area contributed by atoms with E-state index in [9.17, 15) is 18.0 Å². The highest BCUT2D eigenvalue weighted by atomic mass is 35.5. The number of alkyl halides is 3. The van der Waals surface area contributed by atoms with Gasteiger partial charge >= 0.3 is 6.18 Å². The van der Waals surface area contributed by atoms with Crippen molar-refractivity contribution in [2.45, 2.75) is 12.7 Å². The molecule has 2 aromatic carbocycles. The normalized spacial score (nSPS) is 11.5. The molecule has 2 N–H and O–H groups in total. The molecule has 1 aromatic heterocycles. The Morgan fingerprint density at radius 1 is 1.11 bits per heavy atom. The van der Waals surface area contributed by atoms with Gasteiger partial charge in [-0.15, -0.1) is 11.3 Å². The largest absolute Gasteiger partial charge is 0.416 e. The van der Waals surface area contributed by atoms with Gasteiger partial charge in [0.25, 0.3) is 0 Å². The van der Waals surface area contributed by atoms with Crippen molar-refractivity contribution in [3.8, 4) is 0 Å². The first-order chi connectivity index (χ1) is 13.2. The van der Waals surface area contributed by atoms with Crippen LogP contribution < -0.4 is 10.6 Å². The standard InChI is InChI=1S/C20H16ClF3N2OS/c1-26(16-8-4-14(5-9-16)20(22,23)24)10-13-11-28-19(25)17(13)18(27)12-2-6-15(21)7-3-12/h2-9,11H,10,25H2,1H3. The number of thiophene rings is 1. The van der Waals surface area contributed by atoms with Gasteiger partial charge in [-0.05, 0) is 59.5 Å². The lowest BCUT2D eigenvalue weighted by atomic mass is 10.0. The second-order valence-electron chi connectivity index (χ2n) is 6.24. The summed E-state index contributed by atoms with van der Waals surface area (Å²) in [5, 5.41) is 2.71. The molecule has 0 atom stereocenters. The molecule has 0 aliphatic carbocycles. The first-order valence-electron chi connectivity index (χ1n) is 8.21. The summed E-state index contributed by atoms with van der Waals surface area (Å²) >= 11 is 7.12. The molecule has 146 valence electrons. The number of anilines is 2. The van der Waals surface area contributed by atoms with E-state index in [0.29, 0.717) is 38.9 Å². The van der Waals surface area contributed by atoms with E-state index in [1.807, 2.05) is 0 Å². The molecule has 1 heterocycles. The van der Waals surface area contributed by atoms with Crippen LogP contribution in [0.2, 0.25) is 5.02 Å². The van der Waals surface area contributed by atoms with Gasteiger partial charge < -0.3 is 10.6 Å². The van der Waals surface area contributed by atoms with Crippen molar-refractivity contribution in [2.24, 2.45) is 0 Å². The monoisotopic (exact) mass is 424 g/mol. The number of hydrogen-bond acceptors (Lipinski definition) is 4. The molecule has 0 aliphatic rings. The van der Waals surface area contributed by atoms with Crippen LogP contribution in [0.4, 0.5) is 23.9 Å². The van der Waals surface area contributed by atoms with E-state index in [0.717, 1.165) is 12.1 Å². The third kappa shape index (κ3) is 4.31. The van der Waals surface area contributed by atoms with Gasteiger partial charge in [0.2, 0.25) is 0 Å². The van der Waals surface area contributed by atoms with E-state index in [4.69, 9.17) is 17.3 Å². The average Bonchev–Trinajstić information content (AvgIpc) is 3.01. The number of nitrogen functional groups attached to an aromatic ring is 1. The number of nitrogens with two attached hydrogens (primary N) is 1. The average molecular weight is 425 g/mol. The summed E-state index contributed by atoms with van der Waals surface area (Å²) in [7, 11) is 1.74. The molecule has 0 saturated heterocycles. The minimum Gasteiger partial charge on any atom is -0.390 e. The number of carbonyl (C=O) groups excluding carboxylic acids is 1. The summed E-state index contributed by atoms with van der Waals surface area (Å²) in [5.74, 6) is -0.216. The minimum atomic E-state index is -4.38. The first kappa shape index (κ1) is 20.2. The molecule has 3 rings (SSSR count). The van der Waals surface area contributed by atoms with Crippen molar-refractivity contribution in [1.82, 2.24) is 0 Å². The number of carbonyl (C=O) groups is 1. The lowest BCUT2D eigenvalue weighted by Crippen LogP contribution is -2.18. The van der Waals surface area contributed by atoms with Crippen LogP contribution in [-0.4, -0.2) is 12.8 Å². The van der Waals surface area contributed by atoms with Gasteiger partial charge in [-0.2, -0.15) is 13.2 Å². The van der Waals surface area contributed by atoms with Crippen LogP contribution in [-0.2, 0) is 12.7 Å². The third-order valence-electron chi connectivity index (χ3n) is 4.27. The number of benzene rings is 2. The predicted octanol–water partition coefficient (Wildman–Crippen LogP) is 5.87. The summed E-state index contributed by atoms with van der Waals surface area (Å²) in [6, 6.07) is 11.4. The molecule has 0 bridgehead atoms. The molecule has 8 heteroatoms. The Labute approximate surface area is 169 Å². The Kier molecular flexibility index (Phi) is 5.67. The number of rotatable bonds is 5. The first-order valence-corrected chi connectivity index (χ1v) is 9.47. The Balaban J connectivity index is 1.83. The van der Waals surface area contributed by atoms with Crippen LogP contribution in [0.1, 0.15) is 27.0 Å². The fraction of sp³-hybridized carbons (Fsp3) is 0.150. The number of halogens is 4. The fourth-order valence-corrected chi connectivity index (χ4v) is 3.71. The topological polar surface area (TPSA) is 46.3 Å². The number of hydrogen-bond donors (Lipinski definition) is 1. The van der Waals surface area contributed by atoms with Crippen molar-refractivity contribution in [1.29, 1.82) is 0 Å². The van der Waals surface area contributed by atoms with Crippen molar-refractivity contribution in [2.75, 3.05) is 17.7 Å². The van der Waals surface area contributed by atoms with Crippen molar-refractivity contribution >= 4 is 39.4 Å². The van der Waals surface area contributed by atoms with Crippen LogP contribution in [0.25, 0.3) is 0 Å². The smallest absolute Gasteiger partial charge is 0.390 e. The molecular weight excluding hydrogens is 409 g/mol.